The van der Waals surface area contributed by atoms with Crippen LogP contribution in [0.25, 0.3) is 0 Å². The number of anilines is 2. The second-order valence-corrected chi connectivity index (χ2v) is 8.82. The van der Waals surface area contributed by atoms with E-state index in [1.165, 1.54) is 12.1 Å². The summed E-state index contributed by atoms with van der Waals surface area (Å²) in [7, 11) is -5.38. The van der Waals surface area contributed by atoms with Gasteiger partial charge in [-0.05, 0) is 56.2 Å². The van der Waals surface area contributed by atoms with Gasteiger partial charge in [0.05, 0.1) is 10.8 Å². The number of piperidine rings is 1. The zero-order valence-electron chi connectivity index (χ0n) is 15.6. The molecule has 1 aliphatic rings. The van der Waals surface area contributed by atoms with Crippen molar-refractivity contribution in [2.24, 2.45) is 5.92 Å². The van der Waals surface area contributed by atoms with E-state index in [0.717, 1.165) is 24.2 Å². The number of nitrogens with zero attached hydrogens (tertiary/aromatic N) is 2. The third kappa shape index (κ3) is 4.69. The molecule has 2 heterocycles. The zero-order chi connectivity index (χ0) is 21.2. The van der Waals surface area contributed by atoms with Crippen LogP contribution < -0.4 is 10.2 Å². The van der Waals surface area contributed by atoms with Gasteiger partial charge >= 0.3 is 5.51 Å². The fourth-order valence-corrected chi connectivity index (χ4v) is 4.00. The first kappa shape index (κ1) is 21.1. The SMILES string of the molecule is Cc1cccc(NC(=O)[C@@H]2CCCN(c3ccc(S(=O)(=O)C(F)(F)F)cc3)C2)n1. The Kier molecular flexibility index (Phi) is 5.83. The smallest absolute Gasteiger partial charge is 0.371 e. The monoisotopic (exact) mass is 427 g/mol. The first-order valence-corrected chi connectivity index (χ1v) is 10.5. The molecule has 0 saturated carbocycles. The van der Waals surface area contributed by atoms with Gasteiger partial charge in [-0.25, -0.2) is 13.4 Å². The van der Waals surface area contributed by atoms with E-state index in [0.29, 0.717) is 31.0 Å². The summed E-state index contributed by atoms with van der Waals surface area (Å²) in [4.78, 5) is 17.9. The second-order valence-electron chi connectivity index (χ2n) is 6.88. The Morgan fingerprint density at radius 1 is 1.17 bits per heavy atom. The molecule has 10 heteroatoms. The number of pyridine rings is 1. The Labute approximate surface area is 166 Å². The molecule has 1 atom stereocenters. The molecule has 0 bridgehead atoms. The molecule has 1 aromatic heterocycles. The standard InChI is InChI=1S/C19H20F3N3O3S/c1-13-4-2-6-17(23-13)24-18(26)14-5-3-11-25(12-14)15-7-9-16(10-8-15)29(27,28)19(20,21)22/h2,4,6-10,14H,3,5,11-12H2,1H3,(H,23,24,26)/t14-/m1/s1. The van der Waals surface area contributed by atoms with Crippen molar-refractivity contribution in [2.45, 2.75) is 30.2 Å². The quantitative estimate of drug-likeness (QED) is 0.808. The fraction of sp³-hybridized carbons (Fsp3) is 0.368. The van der Waals surface area contributed by atoms with Gasteiger partial charge < -0.3 is 10.2 Å². The van der Waals surface area contributed by atoms with Crippen LogP contribution >= 0.6 is 0 Å². The Hall–Kier alpha value is -2.62. The highest BCUT2D eigenvalue weighted by molar-refractivity contribution is 7.92. The van der Waals surface area contributed by atoms with Crippen molar-refractivity contribution >= 4 is 27.2 Å². The molecular weight excluding hydrogens is 407 g/mol. The van der Waals surface area contributed by atoms with Crippen molar-refractivity contribution in [1.29, 1.82) is 0 Å². The molecule has 0 radical (unpaired) electrons. The van der Waals surface area contributed by atoms with Crippen molar-refractivity contribution in [3.05, 3.63) is 48.2 Å². The Bertz CT molecular complexity index is 992. The number of amides is 1. The molecule has 6 nitrogen and oxygen atoms in total. The van der Waals surface area contributed by atoms with Gasteiger partial charge in [0.25, 0.3) is 9.84 Å². The van der Waals surface area contributed by atoms with E-state index >= 15 is 0 Å². The number of halogens is 3. The maximum absolute atomic E-state index is 12.7. The van der Waals surface area contributed by atoms with E-state index in [4.69, 9.17) is 0 Å². The summed E-state index contributed by atoms with van der Waals surface area (Å²) in [6, 6.07) is 9.87. The lowest BCUT2D eigenvalue weighted by molar-refractivity contribution is -0.120. The van der Waals surface area contributed by atoms with Crippen LogP contribution in [0.1, 0.15) is 18.5 Å². The van der Waals surface area contributed by atoms with Crippen LogP contribution in [0.2, 0.25) is 0 Å². The van der Waals surface area contributed by atoms with E-state index in [-0.39, 0.29) is 11.8 Å². The number of carbonyl (C=O) groups is 1. The number of sulfone groups is 1. The van der Waals surface area contributed by atoms with Crippen molar-refractivity contribution in [1.82, 2.24) is 4.98 Å². The first-order chi connectivity index (χ1) is 13.6. The lowest BCUT2D eigenvalue weighted by Crippen LogP contribution is -2.40. The Morgan fingerprint density at radius 2 is 1.86 bits per heavy atom. The average Bonchev–Trinajstić information content (AvgIpc) is 2.67. The van der Waals surface area contributed by atoms with Gasteiger partial charge in [0, 0.05) is 24.5 Å². The number of nitrogens with one attached hydrogen (secondary N) is 1. The molecule has 1 aliphatic heterocycles. The van der Waals surface area contributed by atoms with E-state index in [9.17, 15) is 26.4 Å². The highest BCUT2D eigenvalue weighted by atomic mass is 32.2. The molecule has 29 heavy (non-hydrogen) atoms. The van der Waals surface area contributed by atoms with Crippen molar-refractivity contribution in [2.75, 3.05) is 23.3 Å². The van der Waals surface area contributed by atoms with Crippen LogP contribution in [0, 0.1) is 12.8 Å². The molecule has 1 fully saturated rings. The van der Waals surface area contributed by atoms with Gasteiger partial charge in [-0.3, -0.25) is 4.79 Å². The summed E-state index contributed by atoms with van der Waals surface area (Å²) < 4.78 is 61.0. The van der Waals surface area contributed by atoms with Gasteiger partial charge in [0.2, 0.25) is 5.91 Å². The molecule has 1 N–H and O–H groups in total. The zero-order valence-corrected chi connectivity index (χ0v) is 16.4. The van der Waals surface area contributed by atoms with Crippen LogP contribution in [0.5, 0.6) is 0 Å². The van der Waals surface area contributed by atoms with Crippen molar-refractivity contribution < 1.29 is 26.4 Å². The van der Waals surface area contributed by atoms with Gasteiger partial charge in [-0.1, -0.05) is 6.07 Å². The van der Waals surface area contributed by atoms with Gasteiger partial charge in [-0.2, -0.15) is 13.2 Å². The minimum atomic E-state index is -5.38. The van der Waals surface area contributed by atoms with Crippen LogP contribution in [0.15, 0.2) is 47.4 Å². The molecule has 2 aromatic rings. The topological polar surface area (TPSA) is 79.4 Å². The number of carbonyl (C=O) groups excluding carboxylic acids is 1. The predicted octanol–water partition coefficient (Wildman–Crippen LogP) is 3.54. The molecule has 1 saturated heterocycles. The molecule has 0 aliphatic carbocycles. The second kappa shape index (κ2) is 8.02. The van der Waals surface area contributed by atoms with Gasteiger partial charge in [0.1, 0.15) is 5.82 Å². The highest BCUT2D eigenvalue weighted by Gasteiger charge is 2.46. The Balaban J connectivity index is 1.70. The highest BCUT2D eigenvalue weighted by Crippen LogP contribution is 2.32. The number of benzene rings is 1. The molecule has 156 valence electrons. The minimum absolute atomic E-state index is 0.177. The fourth-order valence-electron chi connectivity index (χ4n) is 3.24. The largest absolute Gasteiger partial charge is 0.501 e. The third-order valence-corrected chi connectivity index (χ3v) is 6.25. The van der Waals surface area contributed by atoms with E-state index in [2.05, 4.69) is 10.3 Å². The summed E-state index contributed by atoms with van der Waals surface area (Å²) in [6.45, 7) is 2.82. The minimum Gasteiger partial charge on any atom is -0.371 e. The number of rotatable bonds is 4. The average molecular weight is 427 g/mol. The summed E-state index contributed by atoms with van der Waals surface area (Å²) in [6.07, 6.45) is 1.40. The lowest BCUT2D eigenvalue weighted by Gasteiger charge is -2.33. The van der Waals surface area contributed by atoms with E-state index in [1.807, 2.05) is 17.9 Å². The lowest BCUT2D eigenvalue weighted by atomic mass is 9.96. The van der Waals surface area contributed by atoms with Crippen LogP contribution in [-0.4, -0.2) is 37.9 Å². The Morgan fingerprint density at radius 3 is 2.48 bits per heavy atom. The molecule has 1 amide bonds. The summed E-state index contributed by atoms with van der Waals surface area (Å²) >= 11 is 0. The number of hydrogen-bond acceptors (Lipinski definition) is 5. The third-order valence-electron chi connectivity index (χ3n) is 4.75. The number of alkyl halides is 3. The van der Waals surface area contributed by atoms with Crippen LogP contribution in [0.4, 0.5) is 24.7 Å². The van der Waals surface area contributed by atoms with Crippen molar-refractivity contribution in [3.63, 3.8) is 0 Å². The number of aryl methyl sites for hydroxylation is 1. The maximum Gasteiger partial charge on any atom is 0.501 e. The predicted molar refractivity (Wildman–Crippen MR) is 102 cm³/mol. The number of aromatic nitrogens is 1. The molecule has 1 aromatic carbocycles. The van der Waals surface area contributed by atoms with Crippen molar-refractivity contribution in [3.8, 4) is 0 Å². The first-order valence-electron chi connectivity index (χ1n) is 8.99. The van der Waals surface area contributed by atoms with E-state index in [1.54, 1.807) is 12.1 Å². The summed E-state index contributed by atoms with van der Waals surface area (Å²) in [5, 5.41) is 2.79. The maximum atomic E-state index is 12.7. The van der Waals surface area contributed by atoms with E-state index < -0.39 is 20.2 Å². The molecule has 0 spiro atoms. The number of hydrogen-bond donors (Lipinski definition) is 1. The van der Waals surface area contributed by atoms with Crippen LogP contribution in [-0.2, 0) is 14.6 Å². The summed E-state index contributed by atoms with van der Waals surface area (Å²) in [5.74, 6) is -0.0254. The van der Waals surface area contributed by atoms with Crippen LogP contribution in [0.3, 0.4) is 0 Å². The molecule has 0 unspecified atom stereocenters. The normalized spacial score (nSPS) is 17.8. The molecular formula is C19H20F3N3O3S. The van der Waals surface area contributed by atoms with Gasteiger partial charge in [0.15, 0.2) is 0 Å². The van der Waals surface area contributed by atoms with Gasteiger partial charge in [-0.15, -0.1) is 0 Å². The molecule has 3 rings (SSSR count). The summed E-state index contributed by atoms with van der Waals surface area (Å²) in [5.41, 5.74) is -3.99.